The van der Waals surface area contributed by atoms with Crippen LogP contribution in [0, 0.1) is 0 Å². The number of nitrogens with zero attached hydrogens (tertiary/aromatic N) is 3. The number of anilines is 2. The average Bonchev–Trinajstić information content (AvgIpc) is 3.15. The van der Waals surface area contributed by atoms with Crippen LogP contribution in [0.1, 0.15) is 141 Å². The fourth-order valence-electron chi connectivity index (χ4n) is 8.64. The number of likely N-dealkylation sites (tertiary alicyclic amines) is 1. The van der Waals surface area contributed by atoms with Gasteiger partial charge in [-0.3, -0.25) is 19.2 Å². The molecule has 0 saturated carbocycles. The summed E-state index contributed by atoms with van der Waals surface area (Å²) in [5.74, 6) is 3.41. The van der Waals surface area contributed by atoms with Crippen LogP contribution in [0.15, 0.2) is 24.3 Å². The Morgan fingerprint density at radius 2 is 1.05 bits per heavy atom. The fourth-order valence-corrected chi connectivity index (χ4v) is 8.64. The van der Waals surface area contributed by atoms with Gasteiger partial charge in [-0.15, -0.1) is 0 Å². The third-order valence-electron chi connectivity index (χ3n) is 11.3. The second-order valence-electron chi connectivity index (χ2n) is 15.5. The summed E-state index contributed by atoms with van der Waals surface area (Å²) in [6, 6.07) is 9.12. The van der Waals surface area contributed by atoms with Crippen LogP contribution in [0.5, 0.6) is 11.5 Å². The van der Waals surface area contributed by atoms with Gasteiger partial charge >= 0.3 is 0 Å². The van der Waals surface area contributed by atoms with Gasteiger partial charge in [0.05, 0.1) is 24.6 Å². The molecule has 304 valence electrons. The summed E-state index contributed by atoms with van der Waals surface area (Å²) in [5.41, 5.74) is 7.10. The van der Waals surface area contributed by atoms with E-state index in [9.17, 15) is 19.2 Å². The summed E-state index contributed by atoms with van der Waals surface area (Å²) in [7, 11) is 0. The Bertz CT molecular complexity index is 1630. The van der Waals surface area contributed by atoms with Crippen molar-refractivity contribution in [3.8, 4) is 11.5 Å². The fraction of sp³-hybridized carbons (Fsp3) is 0.636. The number of rotatable bonds is 8. The second-order valence-corrected chi connectivity index (χ2v) is 16.0. The minimum atomic E-state index is -0.361. The van der Waals surface area contributed by atoms with E-state index in [0.717, 1.165) is 120 Å². The summed E-state index contributed by atoms with van der Waals surface area (Å²) in [6.07, 6.45) is 10.1. The number of fused-ring (bicyclic) bond motifs is 2. The molecule has 4 aliphatic heterocycles. The van der Waals surface area contributed by atoms with Crippen molar-refractivity contribution in [2.24, 2.45) is 0 Å². The smallest absolute Gasteiger partial charge is 0.224 e. The van der Waals surface area contributed by atoms with Crippen LogP contribution >= 0.6 is 11.6 Å². The zero-order valence-corrected chi connectivity index (χ0v) is 35.4. The van der Waals surface area contributed by atoms with Crippen LogP contribution in [-0.4, -0.2) is 79.3 Å². The average molecular weight is 781 g/mol. The Balaban J connectivity index is 0.000000224. The van der Waals surface area contributed by atoms with E-state index in [1.165, 1.54) is 29.2 Å². The van der Waals surface area contributed by atoms with Crippen molar-refractivity contribution in [1.29, 1.82) is 0 Å². The minimum absolute atomic E-state index is 0.0902. The van der Waals surface area contributed by atoms with Crippen LogP contribution in [-0.2, 0) is 32.0 Å². The molecule has 0 radical (unpaired) electrons. The molecule has 2 atom stereocenters. The zero-order chi connectivity index (χ0) is 40.2. The molecule has 3 amide bonds. The highest BCUT2D eigenvalue weighted by molar-refractivity contribution is 6.62. The Labute approximate surface area is 334 Å². The standard InChI is InChI=1S/C22H32N2O3.C20H30N2O2.C2H3ClO/c1-5-14-27-22-19(18-10-12-23(13-11-18)16(3)25)8-9-21-20(22)7-6-15(2)24(21)17(4)26;1-4-13-24-20-17(16-9-11-21-12-10-16)7-8-19-18(20)6-5-14(2)22(19)15(3)23;1-2(3)4/h8-9,15,18H,5-7,10-14H2,1-4H3;7-8,14,16,21H,4-6,9-13H2,1-3H3;1H3/t15-;14-;/m00./s1. The van der Waals surface area contributed by atoms with Gasteiger partial charge < -0.3 is 29.5 Å². The Kier molecular flexibility index (Phi) is 16.9. The van der Waals surface area contributed by atoms with E-state index in [0.29, 0.717) is 18.4 Å². The van der Waals surface area contributed by atoms with Gasteiger partial charge in [-0.05, 0) is 138 Å². The first-order valence-corrected chi connectivity index (χ1v) is 21.0. The number of halogens is 1. The van der Waals surface area contributed by atoms with E-state index in [2.05, 4.69) is 68.9 Å². The summed E-state index contributed by atoms with van der Waals surface area (Å²) in [5, 5.41) is 3.08. The third-order valence-corrected chi connectivity index (χ3v) is 11.3. The summed E-state index contributed by atoms with van der Waals surface area (Å²) < 4.78 is 12.5. The topological polar surface area (TPSA) is 108 Å². The summed E-state index contributed by atoms with van der Waals surface area (Å²) in [6.45, 7) is 19.9. The lowest BCUT2D eigenvalue weighted by atomic mass is 9.85. The first kappa shape index (κ1) is 44.1. The lowest BCUT2D eigenvalue weighted by molar-refractivity contribution is -0.129. The molecule has 0 spiro atoms. The highest BCUT2D eigenvalue weighted by Crippen LogP contribution is 2.45. The van der Waals surface area contributed by atoms with E-state index in [1.54, 1.807) is 20.8 Å². The van der Waals surface area contributed by atoms with E-state index < -0.39 is 0 Å². The molecular weight excluding hydrogens is 716 g/mol. The molecule has 2 aromatic rings. The van der Waals surface area contributed by atoms with Crippen molar-refractivity contribution in [3.05, 3.63) is 46.5 Å². The van der Waals surface area contributed by atoms with Crippen LogP contribution in [0.4, 0.5) is 11.4 Å². The molecule has 0 aliphatic carbocycles. The van der Waals surface area contributed by atoms with E-state index in [1.807, 2.05) is 14.7 Å². The highest BCUT2D eigenvalue weighted by Gasteiger charge is 2.33. The number of hydrogen-bond donors (Lipinski definition) is 1. The Morgan fingerprint density at radius 1 is 0.655 bits per heavy atom. The molecule has 0 unspecified atom stereocenters. The van der Waals surface area contributed by atoms with Crippen LogP contribution in [0.25, 0.3) is 0 Å². The highest BCUT2D eigenvalue weighted by atomic mass is 35.5. The number of hydrogen-bond acceptors (Lipinski definition) is 7. The maximum Gasteiger partial charge on any atom is 0.224 e. The summed E-state index contributed by atoms with van der Waals surface area (Å²) in [4.78, 5) is 51.0. The first-order chi connectivity index (χ1) is 26.3. The maximum atomic E-state index is 12.2. The molecule has 10 nitrogen and oxygen atoms in total. The number of piperidine rings is 2. The Morgan fingerprint density at radius 3 is 1.42 bits per heavy atom. The largest absolute Gasteiger partial charge is 0.493 e. The first-order valence-electron chi connectivity index (χ1n) is 20.6. The maximum absolute atomic E-state index is 12.2. The molecule has 6 rings (SSSR count). The third kappa shape index (κ3) is 11.2. The normalized spacial score (nSPS) is 19.8. The SMILES string of the molecule is CC(=O)Cl.CCCOc1c(C2CCN(C(C)=O)CC2)ccc2c1CC[C@H](C)N2C(C)=O.CCCOc1c(C2CCNCC2)ccc2c1CC[C@H](C)N2C(C)=O. The van der Waals surface area contributed by atoms with Gasteiger partial charge in [-0.2, -0.15) is 0 Å². The number of ether oxygens (including phenoxy) is 2. The molecule has 2 fully saturated rings. The molecule has 2 saturated heterocycles. The van der Waals surface area contributed by atoms with E-state index in [4.69, 9.17) is 9.47 Å². The second kappa shape index (κ2) is 21.1. The number of carbonyl (C=O) groups excluding carboxylic acids is 4. The van der Waals surface area contributed by atoms with Gasteiger partial charge in [0.15, 0.2) is 0 Å². The van der Waals surface area contributed by atoms with Gasteiger partial charge in [-0.1, -0.05) is 26.0 Å². The van der Waals surface area contributed by atoms with Crippen molar-refractivity contribution in [1.82, 2.24) is 10.2 Å². The number of nitrogens with one attached hydrogen (secondary N) is 1. The molecule has 1 N–H and O–H groups in total. The van der Waals surface area contributed by atoms with Crippen molar-refractivity contribution < 1.29 is 28.7 Å². The molecule has 11 heteroatoms. The van der Waals surface area contributed by atoms with Gasteiger partial charge in [-0.25, -0.2) is 0 Å². The molecule has 4 heterocycles. The number of benzene rings is 2. The van der Waals surface area contributed by atoms with Crippen molar-refractivity contribution in [2.45, 2.75) is 144 Å². The molecular formula is C44H65ClN4O6. The van der Waals surface area contributed by atoms with Crippen LogP contribution < -0.4 is 24.6 Å². The zero-order valence-electron chi connectivity index (χ0n) is 34.6. The predicted octanol–water partition coefficient (Wildman–Crippen LogP) is 8.29. The van der Waals surface area contributed by atoms with Crippen molar-refractivity contribution in [2.75, 3.05) is 49.2 Å². The molecule has 0 aromatic heterocycles. The van der Waals surface area contributed by atoms with Gasteiger partial charge in [0.2, 0.25) is 23.0 Å². The van der Waals surface area contributed by atoms with E-state index in [-0.39, 0.29) is 35.0 Å². The molecule has 55 heavy (non-hydrogen) atoms. The molecule has 0 bridgehead atoms. The van der Waals surface area contributed by atoms with E-state index >= 15 is 0 Å². The van der Waals surface area contributed by atoms with Crippen molar-refractivity contribution in [3.63, 3.8) is 0 Å². The number of carbonyl (C=O) groups is 4. The monoisotopic (exact) mass is 780 g/mol. The van der Waals surface area contributed by atoms with Crippen LogP contribution in [0.2, 0.25) is 0 Å². The lowest BCUT2D eigenvalue weighted by Gasteiger charge is -2.37. The Hall–Kier alpha value is -3.63. The van der Waals surface area contributed by atoms with Gasteiger partial charge in [0.25, 0.3) is 0 Å². The lowest BCUT2D eigenvalue weighted by Crippen LogP contribution is -2.41. The molecule has 4 aliphatic rings. The van der Waals surface area contributed by atoms with Gasteiger partial charge in [0, 0.05) is 64.0 Å². The van der Waals surface area contributed by atoms with Crippen LogP contribution in [0.3, 0.4) is 0 Å². The number of amides is 3. The van der Waals surface area contributed by atoms with Crippen molar-refractivity contribution >= 4 is 45.9 Å². The summed E-state index contributed by atoms with van der Waals surface area (Å²) >= 11 is 4.64. The minimum Gasteiger partial charge on any atom is -0.493 e. The predicted molar refractivity (Wildman–Crippen MR) is 222 cm³/mol. The van der Waals surface area contributed by atoms with Gasteiger partial charge in [0.1, 0.15) is 11.5 Å². The quantitative estimate of drug-likeness (QED) is 0.269. The molecule has 2 aromatic carbocycles.